The molecule has 0 atom stereocenters. The van der Waals surface area contributed by atoms with Crippen molar-refractivity contribution in [2.45, 2.75) is 17.8 Å². The van der Waals surface area contributed by atoms with Gasteiger partial charge in [0.2, 0.25) is 5.89 Å². The van der Waals surface area contributed by atoms with Crippen LogP contribution in [-0.2, 0) is 5.75 Å². The highest BCUT2D eigenvalue weighted by Gasteiger charge is 2.11. The molecule has 0 aliphatic heterocycles. The number of halogens is 1. The molecule has 3 rings (SSSR count). The molecule has 9 heteroatoms. The largest absolute Gasteiger partial charge is 0.419 e. The van der Waals surface area contributed by atoms with Crippen molar-refractivity contribution in [2.75, 3.05) is 5.73 Å². The molecule has 3 aromatic rings. The molecular weight excluding hydrogens is 374 g/mol. The molecule has 21 heavy (non-hydrogen) atoms. The predicted octanol–water partition coefficient (Wildman–Crippen LogP) is 3.53. The van der Waals surface area contributed by atoms with Gasteiger partial charge in [-0.3, -0.25) is 0 Å². The molecule has 0 radical (unpaired) electrons. The number of thioether (sulfide) groups is 1. The highest BCUT2D eigenvalue weighted by Crippen LogP contribution is 2.31. The van der Waals surface area contributed by atoms with Gasteiger partial charge >= 0.3 is 0 Å². The van der Waals surface area contributed by atoms with Crippen LogP contribution in [0.15, 0.2) is 31.6 Å². The van der Waals surface area contributed by atoms with E-state index in [1.165, 1.54) is 11.8 Å². The van der Waals surface area contributed by atoms with Crippen LogP contribution in [0.4, 0.5) is 5.82 Å². The lowest BCUT2D eigenvalue weighted by atomic mass is 10.4. The van der Waals surface area contributed by atoms with Crippen LogP contribution in [-0.4, -0.2) is 20.2 Å². The minimum Gasteiger partial charge on any atom is -0.419 e. The summed E-state index contributed by atoms with van der Waals surface area (Å²) in [5.41, 5.74) is 6.52. The van der Waals surface area contributed by atoms with E-state index in [2.05, 4.69) is 36.1 Å². The van der Waals surface area contributed by atoms with Crippen molar-refractivity contribution in [3.8, 4) is 10.8 Å². The van der Waals surface area contributed by atoms with Gasteiger partial charge in [-0.25, -0.2) is 9.97 Å². The van der Waals surface area contributed by atoms with E-state index < -0.39 is 0 Å². The minimum absolute atomic E-state index is 0.458. The number of nitrogen functional groups attached to an aromatic ring is 1. The van der Waals surface area contributed by atoms with Crippen molar-refractivity contribution >= 4 is 44.8 Å². The van der Waals surface area contributed by atoms with Crippen LogP contribution < -0.4 is 5.73 Å². The quantitative estimate of drug-likeness (QED) is 0.543. The molecule has 3 heterocycles. The first-order chi connectivity index (χ1) is 10.1. The molecule has 0 aromatic carbocycles. The second-order valence-corrected chi connectivity index (χ2v) is 7.52. The van der Waals surface area contributed by atoms with Crippen LogP contribution in [0.25, 0.3) is 10.8 Å². The number of hydrogen-bond donors (Lipinski definition) is 1. The normalized spacial score (nSPS) is 11.0. The van der Waals surface area contributed by atoms with Crippen molar-refractivity contribution in [3.63, 3.8) is 0 Å². The highest BCUT2D eigenvalue weighted by atomic mass is 79.9. The minimum atomic E-state index is 0.458. The summed E-state index contributed by atoms with van der Waals surface area (Å²) in [6.45, 7) is 1.88. The van der Waals surface area contributed by atoms with Gasteiger partial charge in [0.15, 0.2) is 5.16 Å². The maximum Gasteiger partial charge on any atom is 0.257 e. The van der Waals surface area contributed by atoms with Crippen molar-refractivity contribution in [2.24, 2.45) is 0 Å². The maximum atomic E-state index is 5.69. The summed E-state index contributed by atoms with van der Waals surface area (Å²) in [7, 11) is 0. The van der Waals surface area contributed by atoms with Gasteiger partial charge in [-0.05, 0) is 35.0 Å². The fraction of sp³-hybridized carbons (Fsp3) is 0.167. The highest BCUT2D eigenvalue weighted by molar-refractivity contribution is 9.11. The third kappa shape index (κ3) is 3.60. The molecule has 0 aliphatic carbocycles. The number of rotatable bonds is 4. The smallest absolute Gasteiger partial charge is 0.257 e. The van der Waals surface area contributed by atoms with E-state index in [0.29, 0.717) is 28.5 Å². The number of nitrogens with zero attached hydrogens (tertiary/aromatic N) is 4. The van der Waals surface area contributed by atoms with Gasteiger partial charge < -0.3 is 10.2 Å². The Kier molecular flexibility index (Phi) is 4.22. The van der Waals surface area contributed by atoms with Crippen molar-refractivity contribution in [1.29, 1.82) is 0 Å². The Balaban J connectivity index is 1.70. The molecule has 108 valence electrons. The number of aromatic nitrogens is 4. The Morgan fingerprint density at radius 2 is 2.19 bits per heavy atom. The van der Waals surface area contributed by atoms with Crippen LogP contribution in [0.5, 0.6) is 0 Å². The second kappa shape index (κ2) is 6.12. The fourth-order valence-corrected chi connectivity index (χ4v) is 3.65. The van der Waals surface area contributed by atoms with Gasteiger partial charge in [-0.15, -0.1) is 21.5 Å². The first-order valence-electron chi connectivity index (χ1n) is 5.92. The van der Waals surface area contributed by atoms with E-state index in [-0.39, 0.29) is 0 Å². The van der Waals surface area contributed by atoms with Gasteiger partial charge in [-0.2, -0.15) is 0 Å². The molecule has 2 N–H and O–H groups in total. The van der Waals surface area contributed by atoms with Crippen LogP contribution >= 0.6 is 39.0 Å². The van der Waals surface area contributed by atoms with E-state index >= 15 is 0 Å². The molecule has 0 aliphatic rings. The average Bonchev–Trinajstić information content (AvgIpc) is 3.04. The Labute approximate surface area is 137 Å². The summed E-state index contributed by atoms with van der Waals surface area (Å²) in [6.07, 6.45) is 0. The van der Waals surface area contributed by atoms with Crippen LogP contribution in [0.1, 0.15) is 11.6 Å². The zero-order valence-corrected chi connectivity index (χ0v) is 14.1. The number of hydrogen-bond acceptors (Lipinski definition) is 8. The van der Waals surface area contributed by atoms with Crippen molar-refractivity contribution < 1.29 is 4.42 Å². The fourth-order valence-electron chi connectivity index (χ4n) is 1.60. The molecule has 0 bridgehead atoms. The molecule has 0 fully saturated rings. The van der Waals surface area contributed by atoms with Gasteiger partial charge in [-0.1, -0.05) is 11.8 Å². The molecule has 0 saturated carbocycles. The van der Waals surface area contributed by atoms with Crippen molar-refractivity contribution in [1.82, 2.24) is 20.2 Å². The molecule has 0 saturated heterocycles. The van der Waals surface area contributed by atoms with E-state index in [4.69, 9.17) is 10.2 Å². The Morgan fingerprint density at radius 1 is 1.33 bits per heavy atom. The summed E-state index contributed by atoms with van der Waals surface area (Å²) >= 11 is 6.36. The molecule has 0 spiro atoms. The summed E-state index contributed by atoms with van der Waals surface area (Å²) in [5, 5.41) is 8.67. The summed E-state index contributed by atoms with van der Waals surface area (Å²) in [5.74, 6) is 2.01. The lowest BCUT2D eigenvalue weighted by Gasteiger charge is -2.00. The maximum absolute atomic E-state index is 5.69. The lowest BCUT2D eigenvalue weighted by Crippen LogP contribution is -1.96. The van der Waals surface area contributed by atoms with Crippen LogP contribution in [0.3, 0.4) is 0 Å². The average molecular weight is 384 g/mol. The zero-order chi connectivity index (χ0) is 14.8. The second-order valence-electron chi connectivity index (χ2n) is 4.11. The molecule has 6 nitrogen and oxygen atoms in total. The molecule has 0 amide bonds. The summed E-state index contributed by atoms with van der Waals surface area (Å²) in [4.78, 5) is 9.38. The molecular formula is C12H10BrN5OS2. The third-order valence-corrected chi connectivity index (χ3v) is 4.87. The standard InChI is InChI=1S/C12H10BrN5OS2/c1-6-4-9(14)16-12(15-6)20-5-10-17-18-11(19-10)7-2-3-8(13)21-7/h2-4H,5H2,1H3,(H2,14,15,16). The van der Waals surface area contributed by atoms with E-state index in [1.54, 1.807) is 17.4 Å². The third-order valence-electron chi connectivity index (χ3n) is 2.43. The monoisotopic (exact) mass is 383 g/mol. The summed E-state index contributed by atoms with van der Waals surface area (Å²) < 4.78 is 6.65. The number of anilines is 1. The first-order valence-corrected chi connectivity index (χ1v) is 8.52. The molecule has 0 unspecified atom stereocenters. The van der Waals surface area contributed by atoms with Gasteiger partial charge in [0.25, 0.3) is 5.89 Å². The van der Waals surface area contributed by atoms with Gasteiger partial charge in [0.05, 0.1) is 14.4 Å². The first kappa shape index (κ1) is 14.5. The van der Waals surface area contributed by atoms with E-state index in [9.17, 15) is 0 Å². The van der Waals surface area contributed by atoms with Gasteiger partial charge in [0.1, 0.15) is 5.82 Å². The number of aryl methyl sites for hydroxylation is 1. The van der Waals surface area contributed by atoms with Gasteiger partial charge in [0, 0.05) is 11.8 Å². The molecule has 3 aromatic heterocycles. The number of nitrogens with two attached hydrogens (primary N) is 1. The Bertz CT molecular complexity index is 752. The van der Waals surface area contributed by atoms with Crippen LogP contribution in [0, 0.1) is 6.92 Å². The van der Waals surface area contributed by atoms with E-state index in [0.717, 1.165) is 14.4 Å². The zero-order valence-electron chi connectivity index (χ0n) is 10.9. The van der Waals surface area contributed by atoms with Crippen LogP contribution in [0.2, 0.25) is 0 Å². The SMILES string of the molecule is Cc1cc(N)nc(SCc2nnc(-c3ccc(Br)s3)o2)n1. The van der Waals surface area contributed by atoms with E-state index in [1.807, 2.05) is 19.1 Å². The predicted molar refractivity (Wildman–Crippen MR) is 86.1 cm³/mol. The van der Waals surface area contributed by atoms with Crippen molar-refractivity contribution in [3.05, 3.63) is 33.6 Å². The Morgan fingerprint density at radius 3 is 2.90 bits per heavy atom. The Hall–Kier alpha value is -1.45. The summed E-state index contributed by atoms with van der Waals surface area (Å²) in [6, 6.07) is 5.61. The number of thiophene rings is 1. The lowest BCUT2D eigenvalue weighted by molar-refractivity contribution is 0.529. The topological polar surface area (TPSA) is 90.7 Å².